The molecule has 0 heterocycles. The zero-order valence-electron chi connectivity index (χ0n) is 31.2. The van der Waals surface area contributed by atoms with E-state index in [4.69, 9.17) is 34.8 Å². The monoisotopic (exact) mass is 1040 g/mol. The summed E-state index contributed by atoms with van der Waals surface area (Å²) in [6.07, 6.45) is -7.12. The van der Waals surface area contributed by atoms with E-state index in [2.05, 4.69) is 0 Å². The molecular weight excluding hydrogens is 1020 g/mol. The van der Waals surface area contributed by atoms with Gasteiger partial charge in [-0.25, -0.2) is 42.5 Å². The van der Waals surface area contributed by atoms with Gasteiger partial charge >= 0.3 is 17.2 Å². The summed E-state index contributed by atoms with van der Waals surface area (Å²) in [5, 5.41) is 0.548. The molecule has 4 aromatic carbocycles. The summed E-state index contributed by atoms with van der Waals surface area (Å²) in [4.78, 5) is -0.823. The summed E-state index contributed by atoms with van der Waals surface area (Å²) in [5.74, 6) is -7.36. The van der Waals surface area contributed by atoms with Crippen LogP contribution in [0.3, 0.4) is 0 Å². The Bertz CT molecular complexity index is 2820. The van der Waals surface area contributed by atoms with Crippen LogP contribution in [0.15, 0.2) is 94.7 Å². The summed E-state index contributed by atoms with van der Waals surface area (Å²) >= 11 is 18.0. The lowest BCUT2D eigenvalue weighted by Crippen LogP contribution is -2.51. The van der Waals surface area contributed by atoms with Gasteiger partial charge in [0.2, 0.25) is 19.7 Å². The average molecular weight is 1040 g/mol. The molecule has 0 radical (unpaired) electrons. The molecule has 2 fully saturated rings. The quantitative estimate of drug-likeness (QED) is 0.143. The number of halogens is 14. The van der Waals surface area contributed by atoms with Crippen LogP contribution in [0.25, 0.3) is 0 Å². The van der Waals surface area contributed by atoms with Gasteiger partial charge in [0.25, 0.3) is 0 Å². The van der Waals surface area contributed by atoms with Crippen LogP contribution in [0.4, 0.5) is 48.3 Å². The number of rotatable bonds is 10. The highest BCUT2D eigenvalue weighted by atomic mass is 35.5. The van der Waals surface area contributed by atoms with Gasteiger partial charge in [-0.1, -0.05) is 34.8 Å². The van der Waals surface area contributed by atoms with Crippen molar-refractivity contribution in [2.75, 3.05) is 11.5 Å². The minimum absolute atomic E-state index is 0.0640. The van der Waals surface area contributed by atoms with Crippen LogP contribution in [-0.2, 0) is 55.0 Å². The maximum Gasteiger partial charge on any atom is 0.497 e. The first-order valence-electron chi connectivity index (χ1n) is 17.5. The van der Waals surface area contributed by atoms with Crippen molar-refractivity contribution in [3.8, 4) is 0 Å². The topological polar surface area (TPSA) is 137 Å². The molecule has 63 heavy (non-hydrogen) atoms. The van der Waals surface area contributed by atoms with Crippen molar-refractivity contribution in [2.24, 2.45) is 11.8 Å². The van der Waals surface area contributed by atoms with E-state index in [0.29, 0.717) is 47.5 Å². The van der Waals surface area contributed by atoms with Crippen molar-refractivity contribution in [1.82, 2.24) is 0 Å². The summed E-state index contributed by atoms with van der Waals surface area (Å²) < 4.78 is 239. The molecule has 8 nitrogen and oxygen atoms in total. The number of hydrogen-bond donors (Lipinski definition) is 0. The zero-order chi connectivity index (χ0) is 47.6. The molecule has 2 saturated carbocycles. The number of benzene rings is 4. The van der Waals surface area contributed by atoms with Gasteiger partial charge in [-0.15, -0.1) is 0 Å². The molecule has 0 unspecified atom stereocenters. The second-order valence-corrected chi connectivity index (χ2v) is 24.6. The van der Waals surface area contributed by atoms with Crippen molar-refractivity contribution < 1.29 is 82.0 Å². The van der Waals surface area contributed by atoms with Crippen LogP contribution in [0.1, 0.15) is 42.4 Å². The van der Waals surface area contributed by atoms with Crippen LogP contribution in [-0.4, -0.2) is 56.2 Å². The SMILES string of the molecule is O=S(=O)(CC1CC(c2cc(Cl)ccc2Cl)(S(=O)(=O)c2ccc(Cl)cc2)C1)C(F)(F)F.O=S(=O)(CC1CC(c2cc(F)ccc2F)(S(=O)(=O)c2ccc(C(F)(F)F)cc2)C1)C(F)(F)F. The Morgan fingerprint density at radius 3 is 1.32 bits per heavy atom. The molecular formula is C37H28Cl3F11O8S4. The molecule has 0 amide bonds. The van der Waals surface area contributed by atoms with Gasteiger partial charge in [0.1, 0.15) is 21.1 Å². The molecule has 6 rings (SSSR count). The molecule has 26 heteroatoms. The Morgan fingerprint density at radius 2 is 0.905 bits per heavy atom. The average Bonchev–Trinajstić information content (AvgIpc) is 3.12. The van der Waals surface area contributed by atoms with E-state index in [0.717, 1.165) is 0 Å². The third kappa shape index (κ3) is 9.84. The van der Waals surface area contributed by atoms with E-state index in [-0.39, 0.29) is 33.3 Å². The maximum atomic E-state index is 14.5. The fraction of sp³-hybridized carbons (Fsp3) is 0.351. The minimum Gasteiger partial charge on any atom is -0.223 e. The zero-order valence-corrected chi connectivity index (χ0v) is 36.7. The van der Waals surface area contributed by atoms with Crippen molar-refractivity contribution in [3.63, 3.8) is 0 Å². The van der Waals surface area contributed by atoms with Crippen molar-refractivity contribution in [3.05, 3.63) is 128 Å². The second-order valence-electron chi connectivity index (χ2n) is 14.7. The molecule has 0 bridgehead atoms. The Balaban J connectivity index is 0.000000239. The lowest BCUT2D eigenvalue weighted by Gasteiger charge is -2.47. The van der Waals surface area contributed by atoms with E-state index in [1.807, 2.05) is 0 Å². The van der Waals surface area contributed by atoms with Gasteiger partial charge in [-0.3, -0.25) is 0 Å². The predicted molar refractivity (Wildman–Crippen MR) is 209 cm³/mol. The van der Waals surface area contributed by atoms with Crippen LogP contribution in [0, 0.1) is 23.5 Å². The molecule has 0 spiro atoms. The standard InChI is InChI=1S/C19H14F8O4S2.C18H14Cl3F3O4S2/c20-13-3-6-16(21)15(7-13)17(8-11(9-17)10-32(28,29)19(25,26)27)33(30,31)14-4-1-12(2-5-14)18(22,23)24;19-12-1-4-14(5-2-12)30(27,28)17(15-7-13(20)3-6-16(15)21)8-11(9-17)10-29(25,26)18(22,23)24/h1-7,11H,8-10H2;1-7,11H,8-10H2. The number of alkyl halides is 9. The van der Waals surface area contributed by atoms with Crippen molar-refractivity contribution >= 4 is 74.2 Å². The molecule has 0 N–H and O–H groups in total. The van der Waals surface area contributed by atoms with Crippen LogP contribution in [0.2, 0.25) is 15.1 Å². The Hall–Kier alpha value is -3.22. The molecule has 2 aliphatic rings. The van der Waals surface area contributed by atoms with Gasteiger partial charge in [-0.2, -0.15) is 39.5 Å². The summed E-state index contributed by atoms with van der Waals surface area (Å²) in [5.41, 5.74) is -12.8. The van der Waals surface area contributed by atoms with Gasteiger partial charge < -0.3 is 0 Å². The molecule has 0 atom stereocenters. The van der Waals surface area contributed by atoms with Crippen molar-refractivity contribution in [1.29, 1.82) is 0 Å². The first-order chi connectivity index (χ1) is 28.6. The molecule has 346 valence electrons. The van der Waals surface area contributed by atoms with Crippen LogP contribution < -0.4 is 0 Å². The summed E-state index contributed by atoms with van der Waals surface area (Å²) in [6.45, 7) is 0. The molecule has 0 aromatic heterocycles. The van der Waals surface area contributed by atoms with Gasteiger partial charge in [-0.05, 0) is 128 Å². The predicted octanol–water partition coefficient (Wildman–Crippen LogP) is 10.7. The highest BCUT2D eigenvalue weighted by molar-refractivity contribution is 7.93. The van der Waals surface area contributed by atoms with Gasteiger partial charge in [0.15, 0.2) is 19.7 Å². The Morgan fingerprint density at radius 1 is 0.508 bits per heavy atom. The van der Waals surface area contributed by atoms with E-state index in [1.165, 1.54) is 42.5 Å². The normalized spacial score (nSPS) is 22.3. The third-order valence-electron chi connectivity index (χ3n) is 10.6. The molecule has 0 aliphatic heterocycles. The van der Waals surface area contributed by atoms with Gasteiger partial charge in [0.05, 0.1) is 26.9 Å². The third-order valence-corrected chi connectivity index (χ3v) is 19.6. The highest BCUT2D eigenvalue weighted by Gasteiger charge is 2.61. The maximum absolute atomic E-state index is 14.5. The van der Waals surface area contributed by atoms with Crippen LogP contribution in [0.5, 0.6) is 0 Å². The fourth-order valence-electron chi connectivity index (χ4n) is 7.54. The molecule has 4 aromatic rings. The lowest BCUT2D eigenvalue weighted by atomic mass is 9.71. The van der Waals surface area contributed by atoms with Gasteiger partial charge in [0, 0.05) is 20.6 Å². The highest BCUT2D eigenvalue weighted by Crippen LogP contribution is 2.58. The first kappa shape index (κ1) is 50.8. The smallest absolute Gasteiger partial charge is 0.223 e. The molecule has 0 saturated heterocycles. The minimum atomic E-state index is -5.63. The fourth-order valence-corrected chi connectivity index (χ4v) is 14.9. The van der Waals surface area contributed by atoms with E-state index in [1.54, 1.807) is 0 Å². The van der Waals surface area contributed by atoms with E-state index in [9.17, 15) is 82.0 Å². The Kier molecular flexibility index (Phi) is 13.9. The van der Waals surface area contributed by atoms with E-state index >= 15 is 0 Å². The number of sulfone groups is 4. The van der Waals surface area contributed by atoms with E-state index < -0.39 is 130 Å². The lowest BCUT2D eigenvalue weighted by molar-refractivity contribution is -0.137. The number of hydrogen-bond acceptors (Lipinski definition) is 8. The summed E-state index contributed by atoms with van der Waals surface area (Å²) in [7, 11) is -20.0. The van der Waals surface area contributed by atoms with Crippen molar-refractivity contribution in [2.45, 2.75) is 62.2 Å². The Labute approximate surface area is 368 Å². The van der Waals surface area contributed by atoms with Crippen LogP contribution >= 0.6 is 34.8 Å². The molecule has 2 aliphatic carbocycles. The first-order valence-corrected chi connectivity index (χ1v) is 24.9. The second kappa shape index (κ2) is 17.2. The summed E-state index contributed by atoms with van der Waals surface area (Å²) in [6, 6.07) is 13.3. The largest absolute Gasteiger partial charge is 0.497 e.